The number of hydrogen-bond acceptors (Lipinski definition) is 4. The first-order valence-corrected chi connectivity index (χ1v) is 10.6. The molecule has 2 aromatic rings. The van der Waals surface area contributed by atoms with Gasteiger partial charge >= 0.3 is 0 Å². The van der Waals surface area contributed by atoms with Crippen molar-refractivity contribution in [2.75, 3.05) is 19.6 Å². The summed E-state index contributed by atoms with van der Waals surface area (Å²) < 4.78 is 6.65. The number of nitrogens with one attached hydrogen (secondary N) is 1. The Hall–Kier alpha value is -1.72. The first-order valence-electron chi connectivity index (χ1n) is 9.83. The quantitative estimate of drug-likeness (QED) is 0.737. The lowest BCUT2D eigenvalue weighted by molar-refractivity contribution is -0.159. The van der Waals surface area contributed by atoms with E-state index in [-0.39, 0.29) is 11.8 Å². The maximum Gasteiger partial charge on any atom is 0.182 e. The van der Waals surface area contributed by atoms with Crippen molar-refractivity contribution >= 4 is 28.9 Å². The van der Waals surface area contributed by atoms with Gasteiger partial charge in [0.2, 0.25) is 0 Å². The number of fused-ring (bicyclic) bond motifs is 4. The third kappa shape index (κ3) is 2.91. The van der Waals surface area contributed by atoms with Crippen molar-refractivity contribution in [3.8, 4) is 5.75 Å². The highest BCUT2D eigenvalue weighted by Gasteiger charge is 2.51. The normalized spacial score (nSPS) is 23.5. The molecule has 1 saturated heterocycles. The smallest absolute Gasteiger partial charge is 0.182 e. The van der Waals surface area contributed by atoms with Crippen LogP contribution in [-0.4, -0.2) is 35.3 Å². The molecule has 1 fully saturated rings. The summed E-state index contributed by atoms with van der Waals surface area (Å²) in [6, 6.07) is 14.1. The van der Waals surface area contributed by atoms with Crippen LogP contribution in [0.4, 0.5) is 0 Å². The molecular formula is C22H23Cl2N3O. The highest BCUT2D eigenvalue weighted by Crippen LogP contribution is 2.48. The first-order chi connectivity index (χ1) is 13.6. The molecule has 1 atom stereocenters. The van der Waals surface area contributed by atoms with E-state index in [2.05, 4.69) is 46.5 Å². The topological polar surface area (TPSA) is 27.7 Å². The van der Waals surface area contributed by atoms with Crippen molar-refractivity contribution in [2.24, 2.45) is 0 Å². The number of hydrazine groups is 1. The standard InChI is InChI=1S/C22H23Cl2N3O/c1-2-26-11-9-22(10-12-26)27-20(17-5-3-4-6-21(17)28-22)14-19(25-27)16-8-7-15(23)13-18(16)24/h3-8,13-14,20,25H,2,9-12H2,1H3/t20-/m1/s1. The molecule has 0 aromatic heterocycles. The number of halogens is 2. The van der Waals surface area contributed by atoms with Crippen LogP contribution >= 0.6 is 23.2 Å². The van der Waals surface area contributed by atoms with Gasteiger partial charge in [-0.2, -0.15) is 5.01 Å². The summed E-state index contributed by atoms with van der Waals surface area (Å²) >= 11 is 12.6. The van der Waals surface area contributed by atoms with Gasteiger partial charge in [0.25, 0.3) is 0 Å². The Balaban J connectivity index is 1.55. The lowest BCUT2D eigenvalue weighted by Crippen LogP contribution is -2.63. The van der Waals surface area contributed by atoms with Gasteiger partial charge < -0.3 is 15.1 Å². The Morgan fingerprint density at radius 2 is 1.93 bits per heavy atom. The molecule has 0 radical (unpaired) electrons. The zero-order valence-corrected chi connectivity index (χ0v) is 17.3. The van der Waals surface area contributed by atoms with Gasteiger partial charge in [-0.05, 0) is 36.9 Å². The van der Waals surface area contributed by atoms with Crippen molar-refractivity contribution in [1.29, 1.82) is 0 Å². The van der Waals surface area contributed by atoms with E-state index in [9.17, 15) is 0 Å². The van der Waals surface area contributed by atoms with Crippen molar-refractivity contribution in [3.63, 3.8) is 0 Å². The van der Waals surface area contributed by atoms with Gasteiger partial charge in [0.1, 0.15) is 5.75 Å². The van der Waals surface area contributed by atoms with E-state index in [1.807, 2.05) is 18.2 Å². The molecule has 28 heavy (non-hydrogen) atoms. The lowest BCUT2D eigenvalue weighted by Gasteiger charge is -2.51. The molecule has 5 rings (SSSR count). The molecule has 2 aromatic carbocycles. The maximum absolute atomic E-state index is 6.65. The summed E-state index contributed by atoms with van der Waals surface area (Å²) in [5, 5.41) is 3.58. The SMILES string of the molecule is CCN1CCC2(CC1)Oc1ccccc1[C@H]1C=C(c3ccc(Cl)cc3Cl)NN12. The fourth-order valence-electron chi connectivity index (χ4n) is 4.54. The highest BCUT2D eigenvalue weighted by molar-refractivity contribution is 6.35. The third-order valence-electron chi connectivity index (χ3n) is 6.13. The molecule has 0 bridgehead atoms. The van der Waals surface area contributed by atoms with Gasteiger partial charge in [0.05, 0.1) is 16.8 Å². The summed E-state index contributed by atoms with van der Waals surface area (Å²) in [6.45, 7) is 5.35. The number of para-hydroxylation sites is 1. The predicted octanol–water partition coefficient (Wildman–Crippen LogP) is 5.10. The van der Waals surface area contributed by atoms with Gasteiger partial charge in [0, 0.05) is 42.1 Å². The largest absolute Gasteiger partial charge is 0.470 e. The molecule has 3 aliphatic rings. The average Bonchev–Trinajstić information content (AvgIpc) is 3.15. The molecule has 1 spiro atoms. The fourth-order valence-corrected chi connectivity index (χ4v) is 5.05. The van der Waals surface area contributed by atoms with Crippen LogP contribution in [-0.2, 0) is 0 Å². The van der Waals surface area contributed by atoms with Gasteiger partial charge in [-0.1, -0.05) is 48.3 Å². The van der Waals surface area contributed by atoms with Crippen LogP contribution in [0.15, 0.2) is 48.5 Å². The van der Waals surface area contributed by atoms with Gasteiger partial charge in [0.15, 0.2) is 5.72 Å². The highest BCUT2D eigenvalue weighted by atomic mass is 35.5. The summed E-state index contributed by atoms with van der Waals surface area (Å²) in [7, 11) is 0. The zero-order chi connectivity index (χ0) is 19.3. The van der Waals surface area contributed by atoms with Crippen LogP contribution < -0.4 is 10.2 Å². The monoisotopic (exact) mass is 415 g/mol. The number of piperidine rings is 1. The van der Waals surface area contributed by atoms with E-state index in [0.29, 0.717) is 10.0 Å². The van der Waals surface area contributed by atoms with Crippen LogP contribution in [0.3, 0.4) is 0 Å². The second-order valence-corrected chi connectivity index (χ2v) is 8.50. The Kier molecular flexibility index (Phi) is 4.55. The lowest BCUT2D eigenvalue weighted by atomic mass is 9.93. The Morgan fingerprint density at radius 1 is 1.14 bits per heavy atom. The Labute approximate surface area is 175 Å². The maximum atomic E-state index is 6.65. The van der Waals surface area contributed by atoms with E-state index < -0.39 is 0 Å². The minimum atomic E-state index is -0.359. The molecular weight excluding hydrogens is 393 g/mol. The van der Waals surface area contributed by atoms with Crippen molar-refractivity contribution in [1.82, 2.24) is 15.3 Å². The summed E-state index contributed by atoms with van der Waals surface area (Å²) in [5.41, 5.74) is 6.41. The molecule has 146 valence electrons. The molecule has 0 saturated carbocycles. The molecule has 0 aliphatic carbocycles. The summed E-state index contributed by atoms with van der Waals surface area (Å²) in [5.74, 6) is 0.982. The Bertz CT molecular complexity index is 937. The number of ether oxygens (including phenoxy) is 1. The van der Waals surface area contributed by atoms with Crippen molar-refractivity contribution < 1.29 is 4.74 Å². The molecule has 0 unspecified atom stereocenters. The van der Waals surface area contributed by atoms with E-state index in [4.69, 9.17) is 27.9 Å². The Morgan fingerprint density at radius 3 is 2.68 bits per heavy atom. The second-order valence-electron chi connectivity index (χ2n) is 7.65. The number of likely N-dealkylation sites (tertiary alicyclic amines) is 1. The van der Waals surface area contributed by atoms with E-state index in [1.54, 1.807) is 6.07 Å². The fraction of sp³-hybridized carbons (Fsp3) is 0.364. The molecule has 3 heterocycles. The van der Waals surface area contributed by atoms with Gasteiger partial charge in [-0.3, -0.25) is 0 Å². The number of nitrogens with zero attached hydrogens (tertiary/aromatic N) is 2. The summed E-state index contributed by atoms with van der Waals surface area (Å²) in [6.07, 6.45) is 4.16. The second kappa shape index (κ2) is 6.96. The van der Waals surface area contributed by atoms with E-state index in [0.717, 1.165) is 49.5 Å². The minimum Gasteiger partial charge on any atom is -0.470 e. The predicted molar refractivity (Wildman–Crippen MR) is 113 cm³/mol. The summed E-state index contributed by atoms with van der Waals surface area (Å²) in [4.78, 5) is 2.48. The number of hydrogen-bond donors (Lipinski definition) is 1. The van der Waals surface area contributed by atoms with Crippen molar-refractivity contribution in [2.45, 2.75) is 31.5 Å². The first kappa shape index (κ1) is 18.3. The van der Waals surface area contributed by atoms with Crippen LogP contribution in [0.25, 0.3) is 5.70 Å². The van der Waals surface area contributed by atoms with Crippen LogP contribution in [0, 0.1) is 0 Å². The number of benzene rings is 2. The molecule has 6 heteroatoms. The third-order valence-corrected chi connectivity index (χ3v) is 6.67. The molecule has 1 N–H and O–H groups in total. The zero-order valence-electron chi connectivity index (χ0n) is 15.8. The van der Waals surface area contributed by atoms with Gasteiger partial charge in [-0.25, -0.2) is 0 Å². The van der Waals surface area contributed by atoms with Crippen LogP contribution in [0.2, 0.25) is 10.0 Å². The van der Waals surface area contributed by atoms with E-state index in [1.165, 1.54) is 5.56 Å². The molecule has 4 nitrogen and oxygen atoms in total. The molecule has 0 amide bonds. The average molecular weight is 416 g/mol. The van der Waals surface area contributed by atoms with Crippen molar-refractivity contribution in [3.05, 3.63) is 69.7 Å². The van der Waals surface area contributed by atoms with Gasteiger partial charge in [-0.15, -0.1) is 0 Å². The molecule has 3 aliphatic heterocycles. The minimum absolute atomic E-state index is 0.111. The van der Waals surface area contributed by atoms with E-state index >= 15 is 0 Å². The number of rotatable bonds is 2. The van der Waals surface area contributed by atoms with Crippen LogP contribution in [0.1, 0.15) is 36.9 Å². The van der Waals surface area contributed by atoms with Crippen LogP contribution in [0.5, 0.6) is 5.75 Å².